The van der Waals surface area contributed by atoms with Crippen LogP contribution in [0.1, 0.15) is 58.8 Å². The highest BCUT2D eigenvalue weighted by atomic mass is 127. The Kier molecular flexibility index (Phi) is 3.64. The summed E-state index contributed by atoms with van der Waals surface area (Å²) in [4.78, 5) is 37.2. The van der Waals surface area contributed by atoms with E-state index in [1.54, 1.807) is 0 Å². The Morgan fingerprint density at radius 3 is 2.69 bits per heavy atom. The average molecular weight is 506 g/mol. The van der Waals surface area contributed by atoms with Crippen molar-refractivity contribution in [3.05, 3.63) is 23.3 Å². The molecule has 6 aliphatic rings. The van der Waals surface area contributed by atoms with Gasteiger partial charge in [-0.05, 0) is 78.5 Å². The van der Waals surface area contributed by atoms with Gasteiger partial charge in [0.25, 0.3) is 0 Å². The summed E-state index contributed by atoms with van der Waals surface area (Å²) in [6.07, 6.45) is 9.85. The summed E-state index contributed by atoms with van der Waals surface area (Å²) >= 11 is 1.98. The van der Waals surface area contributed by atoms with Crippen LogP contribution in [0.3, 0.4) is 0 Å². The van der Waals surface area contributed by atoms with Gasteiger partial charge in [-0.2, -0.15) is 0 Å². The summed E-state index contributed by atoms with van der Waals surface area (Å²) in [5.41, 5.74) is 2.09. The van der Waals surface area contributed by atoms with Crippen molar-refractivity contribution in [3.63, 3.8) is 0 Å². The van der Waals surface area contributed by atoms with Crippen LogP contribution in [0.5, 0.6) is 0 Å². The van der Waals surface area contributed by atoms with Crippen molar-refractivity contribution < 1.29 is 19.1 Å². The molecule has 0 radical (unpaired) electrons. The molecular formula is C24H27IO4. The van der Waals surface area contributed by atoms with Crippen molar-refractivity contribution in [3.8, 4) is 0 Å². The molecule has 5 aliphatic carbocycles. The molecule has 1 aliphatic heterocycles. The first-order chi connectivity index (χ1) is 13.7. The molecular weight excluding hydrogens is 479 g/mol. The number of hydrogen-bond acceptors (Lipinski definition) is 4. The summed E-state index contributed by atoms with van der Waals surface area (Å²) in [6.45, 7) is 4.63. The van der Waals surface area contributed by atoms with E-state index in [-0.39, 0.29) is 43.8 Å². The quantitative estimate of drug-likeness (QED) is 0.227. The predicted octanol–water partition coefficient (Wildman–Crippen LogP) is 4.56. The topological polar surface area (TPSA) is 60.4 Å². The number of fused-ring (bicyclic) bond motifs is 9. The minimum absolute atomic E-state index is 0.0413. The van der Waals surface area contributed by atoms with Gasteiger partial charge in [0.15, 0.2) is 9.57 Å². The first-order valence-electron chi connectivity index (χ1n) is 11.1. The van der Waals surface area contributed by atoms with Gasteiger partial charge in [0, 0.05) is 35.5 Å². The first kappa shape index (κ1) is 18.8. The molecule has 0 amide bonds. The van der Waals surface area contributed by atoms with Crippen molar-refractivity contribution >= 4 is 38.1 Å². The smallest absolute Gasteiger partial charge is 0.306 e. The Morgan fingerprint density at radius 2 is 2.00 bits per heavy atom. The van der Waals surface area contributed by atoms with Gasteiger partial charge in [-0.15, -0.1) is 0 Å². The second-order valence-electron chi connectivity index (χ2n) is 10.8. The van der Waals surface area contributed by atoms with E-state index in [1.807, 2.05) is 28.7 Å². The molecule has 0 N–H and O–H groups in total. The lowest BCUT2D eigenvalue weighted by atomic mass is 9.47. The normalized spacial score (nSPS) is 52.0. The molecule has 8 atom stereocenters. The Labute approximate surface area is 185 Å². The summed E-state index contributed by atoms with van der Waals surface area (Å²) in [5.74, 6) is 1.76. The Hall–Kier alpha value is -0.980. The number of allylic oxidation sites excluding steroid dienone is 4. The minimum Gasteiger partial charge on any atom is -0.458 e. The molecule has 0 aromatic heterocycles. The fourth-order valence-corrected chi connectivity index (χ4v) is 9.03. The highest BCUT2D eigenvalue weighted by molar-refractivity contribution is 14.1. The number of rotatable bonds is 1. The molecule has 29 heavy (non-hydrogen) atoms. The van der Waals surface area contributed by atoms with E-state index >= 15 is 0 Å². The Morgan fingerprint density at radius 1 is 1.21 bits per heavy atom. The third-order valence-electron chi connectivity index (χ3n) is 9.81. The molecule has 1 saturated heterocycles. The zero-order valence-electron chi connectivity index (χ0n) is 17.0. The Balaban J connectivity index is 1.51. The van der Waals surface area contributed by atoms with Gasteiger partial charge in [-0.25, -0.2) is 0 Å². The number of ether oxygens (including phenoxy) is 1. The van der Waals surface area contributed by atoms with Crippen molar-refractivity contribution in [2.75, 3.05) is 0 Å². The van der Waals surface area contributed by atoms with Crippen LogP contribution in [0.15, 0.2) is 23.3 Å². The van der Waals surface area contributed by atoms with Gasteiger partial charge in [0.1, 0.15) is 5.60 Å². The SMILES string of the molecule is C[C@]12CCC(=O)C=C1CC(C(=O)I)C1C2=CC[C@@]2(C)C1[C@@H]1C[C@@H]1[C@@]21CCC(=O)O1. The number of hydrogen-bond donors (Lipinski definition) is 0. The summed E-state index contributed by atoms with van der Waals surface area (Å²) in [6, 6.07) is 0. The van der Waals surface area contributed by atoms with Gasteiger partial charge in [-0.3, -0.25) is 14.4 Å². The molecule has 4 nitrogen and oxygen atoms in total. The lowest BCUT2D eigenvalue weighted by Gasteiger charge is -2.57. The molecule has 154 valence electrons. The monoisotopic (exact) mass is 506 g/mol. The van der Waals surface area contributed by atoms with Crippen molar-refractivity contribution in [1.82, 2.24) is 0 Å². The third kappa shape index (κ3) is 2.13. The maximum Gasteiger partial charge on any atom is 0.306 e. The minimum atomic E-state index is -0.320. The molecule has 6 rings (SSSR count). The van der Waals surface area contributed by atoms with Crippen LogP contribution in [0.2, 0.25) is 0 Å². The van der Waals surface area contributed by atoms with Crippen molar-refractivity contribution in [2.24, 2.45) is 40.4 Å². The fourth-order valence-electron chi connectivity index (χ4n) is 8.42. The van der Waals surface area contributed by atoms with Crippen LogP contribution in [0.4, 0.5) is 0 Å². The zero-order valence-corrected chi connectivity index (χ0v) is 19.2. The summed E-state index contributed by atoms with van der Waals surface area (Å²) in [5, 5.41) is 0. The van der Waals surface area contributed by atoms with Gasteiger partial charge >= 0.3 is 5.97 Å². The maximum absolute atomic E-state index is 12.9. The standard InChI is InChI=1S/C24H27IO4/c1-22-6-3-13(26)9-12(22)10-15(21(25)28)19-16(22)4-7-23(2)20(19)14-11-17(14)24(23)8-5-18(27)29-24/h4,9,14-15,17,19-20H,3,5-8,10-11H2,1-2H3/t14-,15?,17+,19?,20?,22+,23+,24+/m1/s1. The highest BCUT2D eigenvalue weighted by Crippen LogP contribution is 2.78. The molecule has 0 aromatic carbocycles. The van der Waals surface area contributed by atoms with E-state index < -0.39 is 0 Å². The lowest BCUT2D eigenvalue weighted by Crippen LogP contribution is -2.55. The maximum atomic E-state index is 12.9. The number of carbonyl (C=O) groups excluding carboxylic acids is 3. The number of carbonyl (C=O) groups is 3. The van der Waals surface area contributed by atoms with E-state index in [1.165, 1.54) is 11.1 Å². The molecule has 1 heterocycles. The van der Waals surface area contributed by atoms with Crippen LogP contribution in [-0.2, 0) is 19.1 Å². The van der Waals surface area contributed by atoms with Gasteiger partial charge in [-0.1, -0.05) is 31.1 Å². The second-order valence-corrected chi connectivity index (χ2v) is 11.8. The molecule has 0 aromatic rings. The van der Waals surface area contributed by atoms with E-state index in [4.69, 9.17) is 4.74 Å². The molecule has 4 fully saturated rings. The van der Waals surface area contributed by atoms with E-state index in [0.717, 1.165) is 25.7 Å². The van der Waals surface area contributed by atoms with Crippen molar-refractivity contribution in [1.29, 1.82) is 0 Å². The van der Waals surface area contributed by atoms with E-state index in [0.29, 0.717) is 37.0 Å². The number of esters is 1. The molecule has 5 heteroatoms. The number of halogens is 1. The van der Waals surface area contributed by atoms with E-state index in [2.05, 4.69) is 19.9 Å². The van der Waals surface area contributed by atoms with Gasteiger partial charge in [0.2, 0.25) is 0 Å². The van der Waals surface area contributed by atoms with E-state index in [9.17, 15) is 14.4 Å². The van der Waals surface area contributed by atoms with Crippen LogP contribution in [-0.4, -0.2) is 21.1 Å². The van der Waals surface area contributed by atoms with Gasteiger partial charge < -0.3 is 4.74 Å². The van der Waals surface area contributed by atoms with Crippen LogP contribution in [0, 0.1) is 40.4 Å². The zero-order chi connectivity index (χ0) is 20.3. The first-order valence-corrected chi connectivity index (χ1v) is 12.1. The highest BCUT2D eigenvalue weighted by Gasteiger charge is 2.79. The molecule has 3 unspecified atom stereocenters. The Bertz CT molecular complexity index is 933. The van der Waals surface area contributed by atoms with Crippen LogP contribution < -0.4 is 0 Å². The lowest BCUT2D eigenvalue weighted by molar-refractivity contribution is -0.166. The third-order valence-corrected chi connectivity index (χ3v) is 10.6. The average Bonchev–Trinajstić information content (AvgIpc) is 3.30. The molecule has 1 spiro atoms. The largest absolute Gasteiger partial charge is 0.458 e. The fraction of sp³-hybridized carbons (Fsp3) is 0.708. The van der Waals surface area contributed by atoms with Crippen LogP contribution >= 0.6 is 22.6 Å². The van der Waals surface area contributed by atoms with Crippen LogP contribution in [0.25, 0.3) is 0 Å². The second kappa shape index (κ2) is 5.63. The summed E-state index contributed by atoms with van der Waals surface area (Å²) in [7, 11) is 0. The number of ketones is 1. The van der Waals surface area contributed by atoms with Gasteiger partial charge in [0.05, 0.1) is 0 Å². The van der Waals surface area contributed by atoms with Crippen molar-refractivity contribution in [2.45, 2.75) is 64.4 Å². The molecule has 3 saturated carbocycles. The molecule has 0 bridgehead atoms. The summed E-state index contributed by atoms with van der Waals surface area (Å²) < 4.78 is 6.36. The predicted molar refractivity (Wildman–Crippen MR) is 115 cm³/mol.